The summed E-state index contributed by atoms with van der Waals surface area (Å²) < 4.78 is 0. The summed E-state index contributed by atoms with van der Waals surface area (Å²) >= 11 is 0. The number of phenolic OH excluding ortho intramolecular Hbond substituents is 1. The van der Waals surface area contributed by atoms with Crippen molar-refractivity contribution in [2.24, 2.45) is 0 Å². The molecule has 0 bridgehead atoms. The molecule has 3 aromatic rings. The number of phenols is 1. The number of rotatable bonds is 2. The second kappa shape index (κ2) is 5.47. The van der Waals surface area contributed by atoms with Crippen molar-refractivity contribution in [2.75, 3.05) is 18.0 Å². The Bertz CT molecular complexity index is 870. The van der Waals surface area contributed by atoms with Crippen LogP contribution in [-0.4, -0.2) is 28.3 Å². The molecule has 2 heterocycles. The van der Waals surface area contributed by atoms with Crippen molar-refractivity contribution in [3.05, 3.63) is 48.5 Å². The van der Waals surface area contributed by atoms with Gasteiger partial charge in [-0.2, -0.15) is 0 Å². The number of anilines is 1. The van der Waals surface area contributed by atoms with E-state index >= 15 is 0 Å². The molecule has 23 heavy (non-hydrogen) atoms. The Morgan fingerprint density at radius 3 is 2.43 bits per heavy atom. The van der Waals surface area contributed by atoms with Gasteiger partial charge in [-0.05, 0) is 43.2 Å². The largest absolute Gasteiger partial charge is 0.507 e. The Morgan fingerprint density at radius 1 is 0.870 bits per heavy atom. The number of hydrogen-bond acceptors (Lipinski definition) is 4. The van der Waals surface area contributed by atoms with E-state index in [9.17, 15) is 10.2 Å². The zero-order chi connectivity index (χ0) is 15.8. The molecule has 0 unspecified atom stereocenters. The first-order valence-corrected chi connectivity index (χ1v) is 7.89. The van der Waals surface area contributed by atoms with Gasteiger partial charge in [0, 0.05) is 35.8 Å². The Morgan fingerprint density at radius 2 is 1.65 bits per heavy atom. The van der Waals surface area contributed by atoms with Crippen molar-refractivity contribution in [2.45, 2.75) is 12.8 Å². The fourth-order valence-corrected chi connectivity index (χ4v) is 3.20. The molecule has 1 saturated heterocycles. The number of para-hydroxylation sites is 1. The highest BCUT2D eigenvalue weighted by Crippen LogP contribution is 2.35. The smallest absolute Gasteiger partial charge is 0.127 e. The fraction of sp³-hybridized carbons (Fsp3) is 0.211. The van der Waals surface area contributed by atoms with Crippen LogP contribution in [0.5, 0.6) is 11.5 Å². The summed E-state index contributed by atoms with van der Waals surface area (Å²) in [6, 6.07) is 14.6. The molecule has 4 heteroatoms. The molecule has 0 atom stereocenters. The number of aromatic hydroxyl groups is 2. The van der Waals surface area contributed by atoms with Crippen molar-refractivity contribution >= 4 is 16.6 Å². The van der Waals surface area contributed by atoms with E-state index in [4.69, 9.17) is 0 Å². The van der Waals surface area contributed by atoms with Gasteiger partial charge in [0.1, 0.15) is 11.5 Å². The van der Waals surface area contributed by atoms with Gasteiger partial charge in [-0.25, -0.2) is 4.98 Å². The first-order valence-electron chi connectivity index (χ1n) is 7.89. The molecule has 4 rings (SSSR count). The van der Waals surface area contributed by atoms with Crippen LogP contribution >= 0.6 is 0 Å². The van der Waals surface area contributed by atoms with Crippen molar-refractivity contribution in [3.63, 3.8) is 0 Å². The third kappa shape index (κ3) is 2.46. The first-order chi connectivity index (χ1) is 11.2. The minimum absolute atomic E-state index is 0.160. The number of hydrogen-bond donors (Lipinski definition) is 2. The topological polar surface area (TPSA) is 56.6 Å². The standard InChI is InChI=1S/C19H18N2O2/c22-18-6-2-1-5-14(18)17-12-19(23)15-11-13(7-8-16(15)20-17)21-9-3-4-10-21/h1-2,5-8,11-12,22H,3-4,9-10H2,(H,20,23). The molecule has 0 radical (unpaired) electrons. The summed E-state index contributed by atoms with van der Waals surface area (Å²) in [7, 11) is 0. The molecule has 1 aliphatic heterocycles. The molecule has 0 aliphatic carbocycles. The molecule has 2 aromatic carbocycles. The Balaban J connectivity index is 1.82. The molecular formula is C19H18N2O2. The highest BCUT2D eigenvalue weighted by molar-refractivity contribution is 5.90. The van der Waals surface area contributed by atoms with Gasteiger partial charge < -0.3 is 15.1 Å². The molecule has 2 N–H and O–H groups in total. The lowest BCUT2D eigenvalue weighted by molar-refractivity contribution is 0.476. The monoisotopic (exact) mass is 306 g/mol. The normalized spacial score (nSPS) is 14.5. The second-order valence-electron chi connectivity index (χ2n) is 5.94. The maximum absolute atomic E-state index is 10.4. The van der Waals surface area contributed by atoms with Gasteiger partial charge in [0.15, 0.2) is 0 Å². The molecule has 4 nitrogen and oxygen atoms in total. The summed E-state index contributed by atoms with van der Waals surface area (Å²) in [5.74, 6) is 0.349. The number of aromatic nitrogens is 1. The van der Waals surface area contributed by atoms with E-state index in [2.05, 4.69) is 16.0 Å². The molecule has 0 saturated carbocycles. The van der Waals surface area contributed by atoms with Crippen LogP contribution in [0.25, 0.3) is 22.2 Å². The Kier molecular flexibility index (Phi) is 3.30. The Labute approximate surface area is 134 Å². The highest BCUT2D eigenvalue weighted by Gasteiger charge is 2.15. The number of benzene rings is 2. The van der Waals surface area contributed by atoms with Gasteiger partial charge in [0.2, 0.25) is 0 Å². The average Bonchev–Trinajstić information content (AvgIpc) is 3.09. The maximum atomic E-state index is 10.4. The summed E-state index contributed by atoms with van der Waals surface area (Å²) in [6.07, 6.45) is 2.43. The molecule has 1 aliphatic rings. The zero-order valence-electron chi connectivity index (χ0n) is 12.7. The van der Waals surface area contributed by atoms with Crippen LogP contribution in [0, 0.1) is 0 Å². The van der Waals surface area contributed by atoms with Crippen LogP contribution in [0.1, 0.15) is 12.8 Å². The average molecular weight is 306 g/mol. The van der Waals surface area contributed by atoms with E-state index in [0.29, 0.717) is 11.3 Å². The predicted octanol–water partition coefficient (Wildman–Crippen LogP) is 3.91. The van der Waals surface area contributed by atoms with Gasteiger partial charge in [-0.3, -0.25) is 0 Å². The lowest BCUT2D eigenvalue weighted by Crippen LogP contribution is -2.17. The van der Waals surface area contributed by atoms with Gasteiger partial charge >= 0.3 is 0 Å². The fourth-order valence-electron chi connectivity index (χ4n) is 3.20. The van der Waals surface area contributed by atoms with Crippen LogP contribution in [0.4, 0.5) is 5.69 Å². The van der Waals surface area contributed by atoms with E-state index in [-0.39, 0.29) is 11.5 Å². The zero-order valence-corrected chi connectivity index (χ0v) is 12.7. The van der Waals surface area contributed by atoms with Gasteiger partial charge in [-0.1, -0.05) is 12.1 Å². The third-order valence-corrected chi connectivity index (χ3v) is 4.42. The van der Waals surface area contributed by atoms with E-state index in [1.807, 2.05) is 18.2 Å². The van der Waals surface area contributed by atoms with Crippen LogP contribution in [0.2, 0.25) is 0 Å². The molecular weight excluding hydrogens is 288 g/mol. The highest BCUT2D eigenvalue weighted by atomic mass is 16.3. The van der Waals surface area contributed by atoms with E-state index < -0.39 is 0 Å². The predicted molar refractivity (Wildman–Crippen MR) is 92.0 cm³/mol. The van der Waals surface area contributed by atoms with Crippen molar-refractivity contribution < 1.29 is 10.2 Å². The molecule has 116 valence electrons. The molecule has 1 aromatic heterocycles. The SMILES string of the molecule is Oc1ccccc1-c1cc(O)c2cc(N3CCCC3)ccc2n1. The van der Waals surface area contributed by atoms with Crippen LogP contribution < -0.4 is 4.90 Å². The third-order valence-electron chi connectivity index (χ3n) is 4.42. The first kappa shape index (κ1) is 13.9. The summed E-state index contributed by atoms with van der Waals surface area (Å²) in [6.45, 7) is 2.13. The van der Waals surface area contributed by atoms with Gasteiger partial charge in [-0.15, -0.1) is 0 Å². The number of fused-ring (bicyclic) bond motifs is 1. The minimum Gasteiger partial charge on any atom is -0.507 e. The quantitative estimate of drug-likeness (QED) is 0.753. The summed E-state index contributed by atoms with van der Waals surface area (Å²) in [5.41, 5.74) is 3.05. The Hall–Kier alpha value is -2.75. The summed E-state index contributed by atoms with van der Waals surface area (Å²) in [4.78, 5) is 6.93. The van der Waals surface area contributed by atoms with E-state index in [1.165, 1.54) is 12.8 Å². The lowest BCUT2D eigenvalue weighted by atomic mass is 10.1. The maximum Gasteiger partial charge on any atom is 0.127 e. The van der Waals surface area contributed by atoms with Gasteiger partial charge in [0.05, 0.1) is 11.2 Å². The second-order valence-corrected chi connectivity index (χ2v) is 5.94. The van der Waals surface area contributed by atoms with Crippen molar-refractivity contribution in [1.82, 2.24) is 4.98 Å². The van der Waals surface area contributed by atoms with Gasteiger partial charge in [0.25, 0.3) is 0 Å². The summed E-state index contributed by atoms with van der Waals surface area (Å²) in [5, 5.41) is 21.2. The van der Waals surface area contributed by atoms with E-state index in [1.54, 1.807) is 24.3 Å². The van der Waals surface area contributed by atoms with E-state index in [0.717, 1.165) is 29.7 Å². The number of pyridine rings is 1. The lowest BCUT2D eigenvalue weighted by Gasteiger charge is -2.18. The van der Waals surface area contributed by atoms with Crippen molar-refractivity contribution in [3.8, 4) is 22.8 Å². The minimum atomic E-state index is 0.160. The van der Waals surface area contributed by atoms with Crippen LogP contribution in [0.15, 0.2) is 48.5 Å². The molecule has 0 amide bonds. The van der Waals surface area contributed by atoms with Crippen molar-refractivity contribution in [1.29, 1.82) is 0 Å². The molecule has 0 spiro atoms. The molecule has 1 fully saturated rings. The van der Waals surface area contributed by atoms with Crippen LogP contribution in [-0.2, 0) is 0 Å². The van der Waals surface area contributed by atoms with Crippen LogP contribution in [0.3, 0.4) is 0 Å². The number of nitrogens with zero attached hydrogens (tertiary/aromatic N) is 2.